The van der Waals surface area contributed by atoms with Gasteiger partial charge in [-0.05, 0) is 65.4 Å². The van der Waals surface area contributed by atoms with E-state index in [4.69, 9.17) is 9.47 Å². The molecule has 3 aromatic carbocycles. The second-order valence-electron chi connectivity index (χ2n) is 7.85. The van der Waals surface area contributed by atoms with Crippen LogP contribution < -0.4 is 14.8 Å². The normalized spacial score (nSPS) is 14.3. The van der Waals surface area contributed by atoms with Crippen LogP contribution in [-0.4, -0.2) is 41.3 Å². The van der Waals surface area contributed by atoms with Crippen LogP contribution in [0.4, 0.5) is 19.3 Å². The average molecular weight is 527 g/mol. The number of imide groups is 1. The zero-order valence-corrected chi connectivity index (χ0v) is 20.4. The largest absolute Gasteiger partial charge is 0.507 e. The van der Waals surface area contributed by atoms with Gasteiger partial charge in [-0.3, -0.25) is 19.3 Å². The summed E-state index contributed by atoms with van der Waals surface area (Å²) in [5.41, 5.74) is 0.817. The van der Waals surface area contributed by atoms with Gasteiger partial charge in [0.05, 0.1) is 31.2 Å². The van der Waals surface area contributed by atoms with E-state index in [2.05, 4.69) is 5.32 Å². The molecule has 0 bridgehead atoms. The van der Waals surface area contributed by atoms with Gasteiger partial charge in [0.1, 0.15) is 17.4 Å². The van der Waals surface area contributed by atoms with E-state index >= 15 is 0 Å². The molecule has 0 unspecified atom stereocenters. The number of carbonyl (C=O) groups is 3. The van der Waals surface area contributed by atoms with E-state index < -0.39 is 28.7 Å². The van der Waals surface area contributed by atoms with Gasteiger partial charge in [-0.2, -0.15) is 0 Å². The van der Waals surface area contributed by atoms with E-state index in [1.54, 1.807) is 18.2 Å². The second-order valence-corrected chi connectivity index (χ2v) is 8.84. The van der Waals surface area contributed by atoms with Crippen molar-refractivity contribution in [2.75, 3.05) is 19.5 Å². The predicted octanol–water partition coefficient (Wildman–Crippen LogP) is 5.18. The molecule has 0 aromatic heterocycles. The van der Waals surface area contributed by atoms with Crippen molar-refractivity contribution >= 4 is 40.6 Å². The van der Waals surface area contributed by atoms with Gasteiger partial charge in [0.2, 0.25) is 0 Å². The molecule has 3 amide bonds. The number of thioether (sulfide) groups is 1. The van der Waals surface area contributed by atoms with Crippen molar-refractivity contribution in [2.24, 2.45) is 0 Å². The Kier molecular flexibility index (Phi) is 7.44. The number of methoxy groups -OCH3 is 2. The molecule has 8 nitrogen and oxygen atoms in total. The van der Waals surface area contributed by atoms with Crippen LogP contribution >= 0.6 is 11.8 Å². The number of nitrogens with one attached hydrogen (secondary N) is 1. The molecule has 0 aliphatic carbocycles. The first kappa shape index (κ1) is 25.7. The van der Waals surface area contributed by atoms with Crippen molar-refractivity contribution < 1.29 is 37.7 Å². The van der Waals surface area contributed by atoms with E-state index in [9.17, 15) is 28.3 Å². The van der Waals surface area contributed by atoms with Gasteiger partial charge in [-0.25, -0.2) is 8.78 Å². The molecule has 4 rings (SSSR count). The van der Waals surface area contributed by atoms with E-state index in [0.717, 1.165) is 17.0 Å². The van der Waals surface area contributed by atoms with Crippen molar-refractivity contribution in [2.45, 2.75) is 6.54 Å². The number of halogens is 2. The van der Waals surface area contributed by atoms with Crippen molar-refractivity contribution in [3.63, 3.8) is 0 Å². The summed E-state index contributed by atoms with van der Waals surface area (Å²) in [5, 5.41) is 12.3. The number of benzene rings is 3. The van der Waals surface area contributed by atoms with Crippen LogP contribution in [-0.2, 0) is 11.3 Å². The lowest BCUT2D eigenvalue weighted by molar-refractivity contribution is -0.123. The Bertz CT molecular complexity index is 1420. The van der Waals surface area contributed by atoms with Crippen LogP contribution in [0.3, 0.4) is 0 Å². The van der Waals surface area contributed by atoms with Crippen LogP contribution in [0.1, 0.15) is 21.5 Å². The van der Waals surface area contributed by atoms with Crippen LogP contribution in [0, 0.1) is 11.6 Å². The number of phenolic OH excluding ortho intramolecular Hbond substituents is 1. The maximum atomic E-state index is 13.5. The molecule has 1 aliphatic rings. The lowest BCUT2D eigenvalue weighted by Gasteiger charge is -2.12. The molecule has 190 valence electrons. The average Bonchev–Trinajstić information content (AvgIpc) is 3.11. The molecule has 1 aliphatic heterocycles. The highest BCUT2D eigenvalue weighted by atomic mass is 32.2. The third kappa shape index (κ3) is 5.72. The van der Waals surface area contributed by atoms with Gasteiger partial charge < -0.3 is 19.9 Å². The summed E-state index contributed by atoms with van der Waals surface area (Å²) < 4.78 is 37.4. The summed E-state index contributed by atoms with van der Waals surface area (Å²) >= 11 is 0.655. The van der Waals surface area contributed by atoms with Gasteiger partial charge >= 0.3 is 0 Å². The second kappa shape index (κ2) is 10.7. The zero-order valence-electron chi connectivity index (χ0n) is 19.6. The molecule has 1 heterocycles. The number of nitrogens with zero attached hydrogens (tertiary/aromatic N) is 1. The lowest BCUT2D eigenvalue weighted by atomic mass is 10.1. The fraction of sp³-hybridized carbons (Fsp3) is 0.115. The Labute approximate surface area is 214 Å². The minimum Gasteiger partial charge on any atom is -0.507 e. The summed E-state index contributed by atoms with van der Waals surface area (Å²) in [6, 6.07) is 11.7. The van der Waals surface area contributed by atoms with Gasteiger partial charge in [0.25, 0.3) is 17.1 Å². The molecule has 2 N–H and O–H groups in total. The Morgan fingerprint density at radius 3 is 2.38 bits per heavy atom. The molecular weight excluding hydrogens is 506 g/mol. The number of amides is 3. The minimum atomic E-state index is -0.819. The van der Waals surface area contributed by atoms with Crippen LogP contribution in [0.15, 0.2) is 59.5 Å². The number of phenols is 1. The van der Waals surface area contributed by atoms with Crippen molar-refractivity contribution in [1.29, 1.82) is 0 Å². The third-order valence-corrected chi connectivity index (χ3v) is 6.25. The Morgan fingerprint density at radius 1 is 1.00 bits per heavy atom. The summed E-state index contributed by atoms with van der Waals surface area (Å²) in [6.45, 7) is -0.300. The number of hydrogen-bond acceptors (Lipinski definition) is 7. The van der Waals surface area contributed by atoms with Gasteiger partial charge in [0.15, 0.2) is 11.5 Å². The Morgan fingerprint density at radius 2 is 1.70 bits per heavy atom. The molecular formula is C26H20F2N2O6S. The predicted molar refractivity (Wildman–Crippen MR) is 133 cm³/mol. The maximum Gasteiger partial charge on any atom is 0.293 e. The molecule has 11 heteroatoms. The number of rotatable bonds is 7. The first-order valence-corrected chi connectivity index (χ1v) is 11.6. The number of aromatic hydroxyl groups is 1. The lowest BCUT2D eigenvalue weighted by Crippen LogP contribution is -2.27. The van der Waals surface area contributed by atoms with Gasteiger partial charge in [-0.15, -0.1) is 0 Å². The Hall–Kier alpha value is -4.38. The quantitative estimate of drug-likeness (QED) is 0.409. The third-order valence-electron chi connectivity index (χ3n) is 5.34. The summed E-state index contributed by atoms with van der Waals surface area (Å²) in [5.74, 6) is -2.33. The maximum absolute atomic E-state index is 13.5. The van der Waals surface area contributed by atoms with E-state index in [0.29, 0.717) is 40.6 Å². The fourth-order valence-electron chi connectivity index (χ4n) is 3.61. The molecule has 1 fully saturated rings. The molecule has 37 heavy (non-hydrogen) atoms. The van der Waals surface area contributed by atoms with E-state index in [-0.39, 0.29) is 28.3 Å². The van der Waals surface area contributed by atoms with Crippen LogP contribution in [0.2, 0.25) is 0 Å². The van der Waals surface area contributed by atoms with E-state index in [1.165, 1.54) is 38.5 Å². The molecule has 3 aromatic rings. The topological polar surface area (TPSA) is 105 Å². The van der Waals surface area contributed by atoms with Crippen molar-refractivity contribution in [3.05, 3.63) is 87.8 Å². The van der Waals surface area contributed by atoms with Gasteiger partial charge in [0, 0.05) is 17.8 Å². The number of carbonyl (C=O) groups excluding carboxylic acids is 3. The van der Waals surface area contributed by atoms with E-state index in [1.807, 2.05) is 0 Å². The number of hydrogen-bond donors (Lipinski definition) is 2. The van der Waals surface area contributed by atoms with Crippen LogP contribution in [0.5, 0.6) is 17.2 Å². The monoisotopic (exact) mass is 526 g/mol. The molecule has 0 saturated carbocycles. The van der Waals surface area contributed by atoms with Crippen molar-refractivity contribution in [1.82, 2.24) is 4.90 Å². The van der Waals surface area contributed by atoms with Crippen molar-refractivity contribution in [3.8, 4) is 17.2 Å². The highest BCUT2D eigenvalue weighted by Gasteiger charge is 2.35. The highest BCUT2D eigenvalue weighted by Crippen LogP contribution is 2.34. The molecule has 1 saturated heterocycles. The van der Waals surface area contributed by atoms with Gasteiger partial charge in [-0.1, -0.05) is 6.07 Å². The zero-order chi connectivity index (χ0) is 26.7. The number of ether oxygens (including phenoxy) is 2. The SMILES string of the molecule is COc1ccc(NC(=O)c2cc(C=C3SC(=O)N(Cc4cc(F)cc(F)c4)C3=O)ccc2O)cc1OC. The standard InChI is InChI=1S/C26H20F2N2O6S/c1-35-21-6-4-18(12-22(21)36-2)29-24(32)19-9-14(3-5-20(19)31)10-23-25(33)30(26(34)37-23)13-15-7-16(27)11-17(28)8-15/h3-12,31H,13H2,1-2H3,(H,29,32). The molecule has 0 radical (unpaired) electrons. The summed E-state index contributed by atoms with van der Waals surface area (Å²) in [7, 11) is 2.94. The Balaban J connectivity index is 1.54. The smallest absolute Gasteiger partial charge is 0.293 e. The fourth-order valence-corrected chi connectivity index (χ4v) is 4.45. The molecule has 0 atom stereocenters. The highest BCUT2D eigenvalue weighted by molar-refractivity contribution is 8.18. The first-order chi connectivity index (χ1) is 17.7. The van der Waals surface area contributed by atoms with Crippen LogP contribution in [0.25, 0.3) is 6.08 Å². The first-order valence-electron chi connectivity index (χ1n) is 10.7. The molecule has 0 spiro atoms. The summed E-state index contributed by atoms with van der Waals surface area (Å²) in [6.07, 6.45) is 1.39. The summed E-state index contributed by atoms with van der Waals surface area (Å²) in [4.78, 5) is 39.0. The minimum absolute atomic E-state index is 0.0545. The number of anilines is 1.